The molecular weight excluding hydrogens is 716 g/mol. The van der Waals surface area contributed by atoms with Crippen LogP contribution in [0.1, 0.15) is 92.4 Å². The molecular formula is C41H62O14. The van der Waals surface area contributed by atoms with Gasteiger partial charge in [-0.05, 0) is 76.2 Å². The third-order valence-electron chi connectivity index (χ3n) is 14.2. The van der Waals surface area contributed by atoms with Crippen LogP contribution in [0, 0.1) is 23.2 Å². The summed E-state index contributed by atoms with van der Waals surface area (Å²) in [7, 11) is 3.22. The van der Waals surface area contributed by atoms with Crippen molar-refractivity contribution in [1.29, 1.82) is 0 Å². The third kappa shape index (κ3) is 7.56. The summed E-state index contributed by atoms with van der Waals surface area (Å²) < 4.78 is 67.3. The topological polar surface area (TPSA) is 159 Å². The molecule has 2 N–H and O–H groups in total. The number of allylic oxidation sites excluding steroid dienone is 1. The van der Waals surface area contributed by atoms with Crippen molar-refractivity contribution in [2.75, 3.05) is 20.8 Å². The molecule has 55 heavy (non-hydrogen) atoms. The number of ether oxygens (including phenoxy) is 11. The maximum absolute atomic E-state index is 13.7. The normalized spacial score (nSPS) is 51.2. The first-order chi connectivity index (χ1) is 26.3. The van der Waals surface area contributed by atoms with Crippen LogP contribution in [-0.2, 0) is 56.9 Å². The van der Waals surface area contributed by atoms with E-state index < -0.39 is 67.4 Å². The average molecular weight is 779 g/mol. The van der Waals surface area contributed by atoms with Crippen molar-refractivity contribution in [3.05, 3.63) is 23.5 Å². The Kier molecular flexibility index (Phi) is 11.5. The van der Waals surface area contributed by atoms with Gasteiger partial charge in [0.25, 0.3) is 0 Å². The summed E-state index contributed by atoms with van der Waals surface area (Å²) in [5.74, 6) is -0.920. The zero-order valence-electron chi connectivity index (χ0n) is 33.3. The molecule has 0 amide bonds. The van der Waals surface area contributed by atoms with Gasteiger partial charge in [0.15, 0.2) is 18.9 Å². The maximum atomic E-state index is 13.7. The van der Waals surface area contributed by atoms with Gasteiger partial charge in [-0.25, -0.2) is 0 Å². The van der Waals surface area contributed by atoms with E-state index in [4.69, 9.17) is 52.1 Å². The number of hydrogen-bond acceptors (Lipinski definition) is 14. The van der Waals surface area contributed by atoms with Crippen molar-refractivity contribution < 1.29 is 67.1 Å². The highest BCUT2D eigenvalue weighted by Crippen LogP contribution is 2.57. The van der Waals surface area contributed by atoms with E-state index in [1.165, 1.54) is 11.1 Å². The Morgan fingerprint density at radius 3 is 2.25 bits per heavy atom. The fraction of sp³-hybridized carbons (Fsp3) is 0.878. The maximum Gasteiger partial charge on any atom is 0.309 e. The molecule has 0 spiro atoms. The van der Waals surface area contributed by atoms with Gasteiger partial charge < -0.3 is 62.3 Å². The highest BCUT2D eigenvalue weighted by Gasteiger charge is 2.58. The zero-order chi connectivity index (χ0) is 38.8. The van der Waals surface area contributed by atoms with Gasteiger partial charge in [-0.15, -0.1) is 0 Å². The second-order valence-electron chi connectivity index (χ2n) is 17.6. The average Bonchev–Trinajstić information content (AvgIpc) is 3.66. The van der Waals surface area contributed by atoms with E-state index in [1.54, 1.807) is 21.1 Å². The third-order valence-corrected chi connectivity index (χ3v) is 14.2. The van der Waals surface area contributed by atoms with Gasteiger partial charge in [0.2, 0.25) is 5.79 Å². The van der Waals surface area contributed by atoms with Crippen molar-refractivity contribution in [3.63, 3.8) is 0 Å². The minimum absolute atomic E-state index is 0.0253. The lowest BCUT2D eigenvalue weighted by Crippen LogP contribution is -2.56. The predicted molar refractivity (Wildman–Crippen MR) is 193 cm³/mol. The molecule has 1 saturated carbocycles. The number of carbonyl (C=O) groups excluding carboxylic acids is 1. The molecule has 0 aromatic carbocycles. The van der Waals surface area contributed by atoms with Gasteiger partial charge in [-0.2, -0.15) is 0 Å². The molecule has 0 unspecified atom stereocenters. The SMILES string of the molecule is CO[C@@H]1C[C@@H](O[C@H]2[C@@H](O)C[C@H](O[C@@H]3[C@@H](C)O[C@@H](O[C@H]4CC[C@@]5(C)C(=CC[C@@H]6C(=O)O[C@@H]7CO[C@]8(C)OC=C(CC[C@@H]65)[C@H]78)C4)C[C@H]3OC)O[C@@H]2C)O[C@H](C)[C@H]1O. The standard InChI is InChI=1S/C41H62O14/c1-20-36(43)29(45-6)16-34(49-20)54-37-21(2)50-32(15-28(37)42)55-38-22(3)51-33(17-30(38)46-7)52-25-12-13-40(4)24(14-25)9-10-26-27(40)11-8-23-18-47-41(5)35(23)31(19-48-41)53-39(26)44/h9,18,20-22,25-38,42-43H,8,10-17,19H2,1-7H3/t20-,21-,22-,25+,26+,27+,28+,29-,30-,31-,32+,33+,34-,35-,36-,37-,38-,40+,41+/m1/s1. The quantitative estimate of drug-likeness (QED) is 0.269. The lowest BCUT2D eigenvalue weighted by atomic mass is 9.55. The lowest BCUT2D eigenvalue weighted by Gasteiger charge is -2.50. The van der Waals surface area contributed by atoms with E-state index in [1.807, 2.05) is 27.0 Å². The van der Waals surface area contributed by atoms with Crippen LogP contribution in [0.4, 0.5) is 0 Å². The highest BCUT2D eigenvalue weighted by atomic mass is 16.7. The first-order valence-corrected chi connectivity index (χ1v) is 20.5. The first kappa shape index (κ1) is 40.1. The molecule has 19 atom stereocenters. The van der Waals surface area contributed by atoms with E-state index in [0.29, 0.717) is 25.9 Å². The Morgan fingerprint density at radius 1 is 0.836 bits per heavy atom. The van der Waals surface area contributed by atoms with Crippen LogP contribution in [0.5, 0.6) is 0 Å². The number of fused-ring (bicyclic) bond motifs is 3. The summed E-state index contributed by atoms with van der Waals surface area (Å²) in [4.78, 5) is 13.7. The van der Waals surface area contributed by atoms with Crippen LogP contribution in [0.3, 0.4) is 0 Å². The Labute approximate surface area is 324 Å². The summed E-state index contributed by atoms with van der Waals surface area (Å²) >= 11 is 0. The fourth-order valence-electron chi connectivity index (χ4n) is 11.0. The summed E-state index contributed by atoms with van der Waals surface area (Å²) in [5, 5.41) is 21.5. The monoisotopic (exact) mass is 778 g/mol. The predicted octanol–water partition coefficient (Wildman–Crippen LogP) is 4.03. The largest absolute Gasteiger partial charge is 0.469 e. The zero-order valence-corrected chi connectivity index (χ0v) is 33.3. The van der Waals surface area contributed by atoms with E-state index >= 15 is 0 Å². The molecule has 6 heterocycles. The van der Waals surface area contributed by atoms with E-state index in [0.717, 1.165) is 32.1 Å². The minimum atomic E-state index is -0.866. The second-order valence-corrected chi connectivity index (χ2v) is 17.6. The molecule has 6 fully saturated rings. The summed E-state index contributed by atoms with van der Waals surface area (Å²) in [6.07, 6.45) is 3.21. The smallest absolute Gasteiger partial charge is 0.309 e. The van der Waals surface area contributed by atoms with Gasteiger partial charge in [0.1, 0.15) is 24.4 Å². The molecule has 8 aliphatic rings. The van der Waals surface area contributed by atoms with Crippen molar-refractivity contribution in [1.82, 2.24) is 0 Å². The molecule has 0 aromatic heterocycles. The van der Waals surface area contributed by atoms with Gasteiger partial charge >= 0.3 is 5.97 Å². The summed E-state index contributed by atoms with van der Waals surface area (Å²) in [6, 6.07) is 0. The van der Waals surface area contributed by atoms with Crippen LogP contribution in [-0.4, -0.2) is 129 Å². The van der Waals surface area contributed by atoms with Crippen molar-refractivity contribution in [2.24, 2.45) is 23.2 Å². The first-order valence-electron chi connectivity index (χ1n) is 20.5. The Bertz CT molecular complexity index is 1440. The van der Waals surface area contributed by atoms with Gasteiger partial charge in [0, 0.05) is 40.4 Å². The number of aliphatic hydroxyl groups excluding tert-OH is 2. The van der Waals surface area contributed by atoms with E-state index in [-0.39, 0.29) is 60.0 Å². The number of aliphatic hydroxyl groups is 2. The molecule has 14 nitrogen and oxygen atoms in total. The van der Waals surface area contributed by atoms with Crippen LogP contribution in [0.2, 0.25) is 0 Å². The van der Waals surface area contributed by atoms with Crippen LogP contribution in [0.25, 0.3) is 0 Å². The molecule has 0 aromatic rings. The highest BCUT2D eigenvalue weighted by molar-refractivity contribution is 5.74. The molecule has 2 aliphatic carbocycles. The molecule has 6 aliphatic heterocycles. The molecule has 0 radical (unpaired) electrons. The van der Waals surface area contributed by atoms with Crippen LogP contribution < -0.4 is 0 Å². The van der Waals surface area contributed by atoms with E-state index in [9.17, 15) is 15.0 Å². The molecule has 14 heteroatoms. The molecule has 0 bridgehead atoms. The van der Waals surface area contributed by atoms with E-state index in [2.05, 4.69) is 13.0 Å². The Hall–Kier alpha value is -1.69. The second kappa shape index (κ2) is 15.8. The Morgan fingerprint density at radius 2 is 1.51 bits per heavy atom. The Balaban J connectivity index is 0.851. The molecule has 5 saturated heterocycles. The lowest BCUT2D eigenvalue weighted by molar-refractivity contribution is -0.337. The van der Waals surface area contributed by atoms with Crippen LogP contribution in [0.15, 0.2) is 23.5 Å². The summed E-state index contributed by atoms with van der Waals surface area (Å²) in [6.45, 7) is 10.2. The molecule has 310 valence electrons. The van der Waals surface area contributed by atoms with Crippen molar-refractivity contribution in [3.8, 4) is 0 Å². The number of hydrogen-bond donors (Lipinski definition) is 2. The number of esters is 1. The van der Waals surface area contributed by atoms with Crippen LogP contribution >= 0.6 is 0 Å². The van der Waals surface area contributed by atoms with Crippen molar-refractivity contribution >= 4 is 5.97 Å². The van der Waals surface area contributed by atoms with Gasteiger partial charge in [-0.1, -0.05) is 18.6 Å². The number of carbonyl (C=O) groups is 1. The summed E-state index contributed by atoms with van der Waals surface area (Å²) in [5.41, 5.74) is 2.42. The number of rotatable bonds is 8. The van der Waals surface area contributed by atoms with Gasteiger partial charge in [0.05, 0.1) is 67.4 Å². The minimum Gasteiger partial charge on any atom is -0.469 e. The van der Waals surface area contributed by atoms with Crippen molar-refractivity contribution in [2.45, 2.75) is 184 Å². The molecule has 8 rings (SSSR count). The number of methoxy groups -OCH3 is 2. The van der Waals surface area contributed by atoms with Gasteiger partial charge in [-0.3, -0.25) is 4.79 Å². The fourth-order valence-corrected chi connectivity index (χ4v) is 11.0.